The molecular weight excluding hydrogens is 273 g/mol. The van der Waals surface area contributed by atoms with Crippen molar-refractivity contribution in [3.05, 3.63) is 0 Å². The van der Waals surface area contributed by atoms with Gasteiger partial charge in [0.1, 0.15) is 0 Å². The molecule has 0 amide bonds. The average molecular weight is 280 g/mol. The number of halogens is 7. The van der Waals surface area contributed by atoms with Gasteiger partial charge in [-0.15, -0.1) is 0 Å². The normalized spacial score (nSPS) is 13.4. The van der Waals surface area contributed by atoms with Crippen molar-refractivity contribution in [3.63, 3.8) is 0 Å². The van der Waals surface area contributed by atoms with Crippen LogP contribution in [0.3, 0.4) is 0 Å². The highest BCUT2D eigenvalue weighted by atomic mass is 32.2. The second-order valence-corrected chi connectivity index (χ2v) is 4.03. The van der Waals surface area contributed by atoms with E-state index in [4.69, 9.17) is 0 Å². The Morgan fingerprint density at radius 2 is 1.31 bits per heavy atom. The molecule has 0 heterocycles. The molecule has 0 unspecified atom stereocenters. The molecule has 0 aromatic heterocycles. The smallest absolute Gasteiger partial charge is 0.274 e. The molecule has 0 radical (unpaired) electrons. The highest BCUT2D eigenvalue weighted by Crippen LogP contribution is 2.39. The average Bonchev–Trinajstić information content (AvgIpc) is 2.01. The largest absolute Gasteiger partial charge is 0.459 e. The van der Waals surface area contributed by atoms with E-state index < -0.39 is 28.6 Å². The second-order valence-electron chi connectivity index (χ2n) is 2.29. The van der Waals surface area contributed by atoms with Gasteiger partial charge in [0.2, 0.25) is 0 Å². The van der Waals surface area contributed by atoms with E-state index in [1.165, 1.54) is 0 Å². The van der Waals surface area contributed by atoms with Crippen LogP contribution in [0.5, 0.6) is 0 Å². The molecule has 0 atom stereocenters. The van der Waals surface area contributed by atoms with Crippen molar-refractivity contribution in [2.75, 3.05) is 13.4 Å². The highest BCUT2D eigenvalue weighted by molar-refractivity contribution is 7.85. The van der Waals surface area contributed by atoms with Crippen molar-refractivity contribution >= 4 is 10.1 Å². The molecular formula is C5H7F7O3S. The fraction of sp³-hybridized carbons (Fsp3) is 1.00. The van der Waals surface area contributed by atoms with Crippen LogP contribution >= 0.6 is 0 Å². The summed E-state index contributed by atoms with van der Waals surface area (Å²) < 4.78 is 100. The lowest BCUT2D eigenvalue weighted by atomic mass is 10.3. The van der Waals surface area contributed by atoms with Crippen molar-refractivity contribution in [2.24, 2.45) is 0 Å². The molecule has 0 bridgehead atoms. The minimum atomic E-state index is -6.17. The summed E-state index contributed by atoms with van der Waals surface area (Å²) in [5.41, 5.74) is 0. The Hall–Kier alpha value is -0.580. The highest BCUT2D eigenvalue weighted by Gasteiger charge is 2.64. The lowest BCUT2D eigenvalue weighted by Gasteiger charge is -2.17. The minimum Gasteiger partial charge on any atom is -0.274 e. The van der Waals surface area contributed by atoms with Crippen molar-refractivity contribution < 1.29 is 43.3 Å². The molecule has 0 aromatic rings. The fourth-order valence-corrected chi connectivity index (χ4v) is 0.124. The molecule has 0 aromatic carbocycles. The van der Waals surface area contributed by atoms with Gasteiger partial charge in [0.25, 0.3) is 10.1 Å². The summed E-state index contributed by atoms with van der Waals surface area (Å²) in [7, 11) is -2.04. The molecule has 16 heavy (non-hydrogen) atoms. The van der Waals surface area contributed by atoms with Gasteiger partial charge in [-0.05, 0) is 0 Å². The molecule has 0 aliphatic carbocycles. The summed E-state index contributed by atoms with van der Waals surface area (Å²) in [5, 5.41) is 0. The van der Waals surface area contributed by atoms with Crippen molar-refractivity contribution in [2.45, 2.75) is 18.5 Å². The number of alkyl halides is 7. The van der Waals surface area contributed by atoms with Crippen LogP contribution < -0.4 is 0 Å². The number of hydrogen-bond donors (Lipinski definition) is 0. The molecule has 3 nitrogen and oxygen atoms in total. The Kier molecular flexibility index (Phi) is 6.30. The monoisotopic (exact) mass is 280 g/mol. The van der Waals surface area contributed by atoms with Gasteiger partial charge in [0.05, 0.1) is 13.4 Å². The molecule has 0 N–H and O–H groups in total. The zero-order valence-corrected chi connectivity index (χ0v) is 8.67. The lowest BCUT2D eigenvalue weighted by Crippen LogP contribution is -2.42. The molecule has 0 aliphatic heterocycles. The van der Waals surface area contributed by atoms with Gasteiger partial charge >= 0.3 is 18.5 Å². The maximum absolute atomic E-state index is 11.2. The Morgan fingerprint density at radius 3 is 1.31 bits per heavy atom. The minimum absolute atomic E-state index is 0.993. The van der Waals surface area contributed by atoms with Crippen LogP contribution in [0.1, 0.15) is 0 Å². The van der Waals surface area contributed by atoms with E-state index in [1.54, 1.807) is 0 Å². The molecule has 0 aliphatic rings. The van der Waals surface area contributed by atoms with Crippen molar-refractivity contribution in [1.82, 2.24) is 0 Å². The standard InChI is InChI=1S/C3HF7.C2H6O3S/c4-1(5)2(6,7)3(8,9)10;1-5-6(2,3)4/h1H;1-2H3. The summed E-state index contributed by atoms with van der Waals surface area (Å²) in [6.07, 6.45) is -9.87. The van der Waals surface area contributed by atoms with Crippen LogP contribution in [0.4, 0.5) is 30.7 Å². The lowest BCUT2D eigenvalue weighted by molar-refractivity contribution is -0.320. The molecule has 0 saturated carbocycles. The molecule has 0 saturated heterocycles. The van der Waals surface area contributed by atoms with E-state index in [0.717, 1.165) is 13.4 Å². The van der Waals surface area contributed by atoms with E-state index in [-0.39, 0.29) is 0 Å². The van der Waals surface area contributed by atoms with Crippen LogP contribution in [0, 0.1) is 0 Å². The Morgan fingerprint density at radius 1 is 1.06 bits per heavy atom. The first kappa shape index (κ1) is 17.8. The number of hydrogen-bond acceptors (Lipinski definition) is 3. The zero-order chi connectivity index (χ0) is 13.8. The van der Waals surface area contributed by atoms with Crippen LogP contribution in [0.15, 0.2) is 0 Å². The predicted octanol–water partition coefficient (Wildman–Crippen LogP) is 2.04. The summed E-state index contributed by atoms with van der Waals surface area (Å²) in [4.78, 5) is 0. The fourth-order valence-electron chi connectivity index (χ4n) is 0.124. The third-order valence-electron chi connectivity index (χ3n) is 0.955. The first-order chi connectivity index (χ1) is 6.75. The third kappa shape index (κ3) is 6.82. The Labute approximate surface area is 86.3 Å². The van der Waals surface area contributed by atoms with Gasteiger partial charge in [0.15, 0.2) is 0 Å². The van der Waals surface area contributed by atoms with Crippen LogP contribution in [0.2, 0.25) is 0 Å². The van der Waals surface area contributed by atoms with Crippen LogP contribution in [-0.4, -0.2) is 40.3 Å². The van der Waals surface area contributed by atoms with Gasteiger partial charge in [-0.1, -0.05) is 0 Å². The predicted molar refractivity (Wildman–Crippen MR) is 38.9 cm³/mol. The molecule has 11 heteroatoms. The van der Waals surface area contributed by atoms with Gasteiger partial charge in [0, 0.05) is 0 Å². The summed E-state index contributed by atoms with van der Waals surface area (Å²) >= 11 is 0. The van der Waals surface area contributed by atoms with E-state index in [0.29, 0.717) is 0 Å². The van der Waals surface area contributed by atoms with Gasteiger partial charge in [-0.3, -0.25) is 4.18 Å². The van der Waals surface area contributed by atoms with Crippen LogP contribution in [0.25, 0.3) is 0 Å². The Bertz CT molecular complexity index is 294. The molecule has 0 spiro atoms. The second kappa shape index (κ2) is 5.66. The summed E-state index contributed by atoms with van der Waals surface area (Å²) in [6, 6.07) is 0. The number of rotatable bonds is 2. The summed E-state index contributed by atoms with van der Waals surface area (Å²) in [5.74, 6) is -5.90. The Balaban J connectivity index is 0. The van der Waals surface area contributed by atoms with Gasteiger partial charge in [-0.2, -0.15) is 30.4 Å². The summed E-state index contributed by atoms with van der Waals surface area (Å²) in [6.45, 7) is 0. The van der Waals surface area contributed by atoms with Crippen molar-refractivity contribution in [3.8, 4) is 0 Å². The van der Waals surface area contributed by atoms with Crippen LogP contribution in [-0.2, 0) is 14.3 Å². The zero-order valence-electron chi connectivity index (χ0n) is 7.86. The maximum atomic E-state index is 11.2. The third-order valence-corrected chi connectivity index (χ3v) is 1.56. The molecule has 0 rings (SSSR count). The maximum Gasteiger partial charge on any atom is 0.459 e. The van der Waals surface area contributed by atoms with E-state index in [1.807, 2.05) is 0 Å². The topological polar surface area (TPSA) is 43.4 Å². The van der Waals surface area contributed by atoms with E-state index >= 15 is 0 Å². The first-order valence-corrected chi connectivity index (χ1v) is 5.05. The van der Waals surface area contributed by atoms with Gasteiger partial charge < -0.3 is 0 Å². The van der Waals surface area contributed by atoms with Gasteiger partial charge in [-0.25, -0.2) is 8.78 Å². The molecule has 0 fully saturated rings. The quantitative estimate of drug-likeness (QED) is 0.574. The first-order valence-electron chi connectivity index (χ1n) is 3.24. The SMILES string of the molecule is COS(C)(=O)=O.FC(F)C(F)(F)C(F)(F)F. The van der Waals surface area contributed by atoms with E-state index in [2.05, 4.69) is 4.18 Å². The van der Waals surface area contributed by atoms with Crippen molar-refractivity contribution in [1.29, 1.82) is 0 Å². The van der Waals surface area contributed by atoms with E-state index in [9.17, 15) is 39.2 Å². The molecule has 100 valence electrons.